The Balaban J connectivity index is 1.42. The Labute approximate surface area is 173 Å². The van der Waals surface area contributed by atoms with Crippen molar-refractivity contribution in [2.24, 2.45) is 5.92 Å². The number of benzene rings is 1. The van der Waals surface area contributed by atoms with E-state index in [4.69, 9.17) is 4.74 Å². The van der Waals surface area contributed by atoms with E-state index in [-0.39, 0.29) is 35.1 Å². The molecule has 2 fully saturated rings. The Morgan fingerprint density at radius 3 is 2.59 bits per heavy atom. The van der Waals surface area contributed by atoms with E-state index < -0.39 is 0 Å². The van der Waals surface area contributed by atoms with Gasteiger partial charge in [0.05, 0.1) is 29.2 Å². The Morgan fingerprint density at radius 1 is 1.17 bits per heavy atom. The minimum atomic E-state index is -0.164. The highest BCUT2D eigenvalue weighted by atomic mass is 32.2. The van der Waals surface area contributed by atoms with E-state index in [1.165, 1.54) is 11.8 Å². The first kappa shape index (κ1) is 19.9. The average Bonchev–Trinajstić information content (AvgIpc) is 3.57. The number of thioether (sulfide) groups is 1. The van der Waals surface area contributed by atoms with Crippen molar-refractivity contribution in [1.29, 1.82) is 0 Å². The predicted molar refractivity (Wildman–Crippen MR) is 111 cm³/mol. The van der Waals surface area contributed by atoms with Crippen molar-refractivity contribution in [2.75, 3.05) is 25.4 Å². The molecule has 2 aromatic rings. The largest absolute Gasteiger partial charge is 0.466 e. The second-order valence-corrected chi connectivity index (χ2v) is 8.46. The minimum absolute atomic E-state index is 0.0158. The molecular weight excluding hydrogens is 390 g/mol. The summed E-state index contributed by atoms with van der Waals surface area (Å²) < 4.78 is 6.84. The van der Waals surface area contributed by atoms with Gasteiger partial charge in [-0.1, -0.05) is 23.9 Å². The molecule has 8 heteroatoms. The van der Waals surface area contributed by atoms with Gasteiger partial charge >= 0.3 is 5.97 Å². The maximum Gasteiger partial charge on any atom is 0.309 e. The van der Waals surface area contributed by atoms with Gasteiger partial charge in [0.1, 0.15) is 0 Å². The van der Waals surface area contributed by atoms with Crippen LogP contribution in [0, 0.1) is 5.92 Å². The Kier molecular flexibility index (Phi) is 5.89. The first-order chi connectivity index (χ1) is 14.1. The minimum Gasteiger partial charge on any atom is -0.466 e. The molecule has 1 saturated carbocycles. The molecule has 4 rings (SSSR count). The first-order valence-electron chi connectivity index (χ1n) is 10.2. The molecule has 1 saturated heterocycles. The number of aromatic nitrogens is 2. The third-order valence-corrected chi connectivity index (χ3v) is 6.42. The number of amides is 1. The van der Waals surface area contributed by atoms with Crippen LogP contribution in [0.2, 0.25) is 0 Å². The van der Waals surface area contributed by atoms with Gasteiger partial charge in [-0.05, 0) is 44.7 Å². The van der Waals surface area contributed by atoms with Crippen LogP contribution in [0.4, 0.5) is 0 Å². The number of likely N-dealkylation sites (tertiary alicyclic amines) is 1. The molecule has 0 N–H and O–H groups in total. The summed E-state index contributed by atoms with van der Waals surface area (Å²) in [6.07, 6.45) is 3.22. The Morgan fingerprint density at radius 2 is 1.90 bits per heavy atom. The van der Waals surface area contributed by atoms with Crippen molar-refractivity contribution in [3.8, 4) is 0 Å². The Bertz CT molecular complexity index is 978. The highest BCUT2D eigenvalue weighted by Crippen LogP contribution is 2.37. The van der Waals surface area contributed by atoms with Gasteiger partial charge in [-0.25, -0.2) is 4.98 Å². The average molecular weight is 416 g/mol. The van der Waals surface area contributed by atoms with Gasteiger partial charge in [-0.15, -0.1) is 0 Å². The van der Waals surface area contributed by atoms with Crippen molar-refractivity contribution in [1.82, 2.24) is 14.5 Å². The van der Waals surface area contributed by atoms with Gasteiger partial charge in [-0.2, -0.15) is 0 Å². The molecule has 2 heterocycles. The van der Waals surface area contributed by atoms with Crippen LogP contribution in [0.1, 0.15) is 38.6 Å². The fourth-order valence-electron chi connectivity index (χ4n) is 3.72. The lowest BCUT2D eigenvalue weighted by Gasteiger charge is -2.30. The molecule has 29 heavy (non-hydrogen) atoms. The van der Waals surface area contributed by atoms with E-state index in [9.17, 15) is 14.4 Å². The van der Waals surface area contributed by atoms with Crippen LogP contribution in [0.25, 0.3) is 10.9 Å². The molecule has 1 amide bonds. The van der Waals surface area contributed by atoms with E-state index in [1.54, 1.807) is 22.5 Å². The predicted octanol–water partition coefficient (Wildman–Crippen LogP) is 2.63. The number of piperidine rings is 1. The molecule has 0 bridgehead atoms. The molecule has 0 unspecified atom stereocenters. The van der Waals surface area contributed by atoms with Gasteiger partial charge in [0, 0.05) is 19.1 Å². The third-order valence-electron chi connectivity index (χ3n) is 5.48. The number of fused-ring (bicyclic) bond motifs is 1. The smallest absolute Gasteiger partial charge is 0.309 e. The maximum atomic E-state index is 12.9. The van der Waals surface area contributed by atoms with Crippen LogP contribution in [-0.4, -0.2) is 51.8 Å². The van der Waals surface area contributed by atoms with E-state index >= 15 is 0 Å². The zero-order chi connectivity index (χ0) is 20.4. The second kappa shape index (κ2) is 8.57. The van der Waals surface area contributed by atoms with E-state index in [0.717, 1.165) is 12.8 Å². The highest BCUT2D eigenvalue weighted by molar-refractivity contribution is 7.99. The summed E-state index contributed by atoms with van der Waals surface area (Å²) in [5.41, 5.74) is 0.642. The van der Waals surface area contributed by atoms with Crippen molar-refractivity contribution in [3.63, 3.8) is 0 Å². The molecule has 1 aromatic heterocycles. The molecule has 0 spiro atoms. The Hall–Kier alpha value is -2.35. The van der Waals surface area contributed by atoms with Crippen molar-refractivity contribution >= 4 is 34.5 Å². The molecule has 0 atom stereocenters. The van der Waals surface area contributed by atoms with Crippen molar-refractivity contribution in [3.05, 3.63) is 34.6 Å². The normalized spacial score (nSPS) is 17.5. The summed E-state index contributed by atoms with van der Waals surface area (Å²) in [5, 5.41) is 1.24. The lowest BCUT2D eigenvalue weighted by molar-refractivity contribution is -0.151. The number of carbonyl (C=O) groups is 2. The standard InChI is InChI=1S/C21H25N3O4S/c1-2-28-20(27)14-9-11-23(12-10-14)18(25)13-29-21-22-17-6-4-3-5-16(17)19(26)24(21)15-7-8-15/h3-6,14-15H,2,7-13H2,1H3. The number of hydrogen-bond donors (Lipinski definition) is 0. The second-order valence-electron chi connectivity index (χ2n) is 7.51. The van der Waals surface area contributed by atoms with Gasteiger partial charge < -0.3 is 9.64 Å². The quantitative estimate of drug-likeness (QED) is 0.410. The number of nitrogens with zero attached hydrogens (tertiary/aromatic N) is 3. The van der Waals surface area contributed by atoms with Crippen LogP contribution in [0.15, 0.2) is 34.2 Å². The molecule has 1 aliphatic carbocycles. The highest BCUT2D eigenvalue weighted by Gasteiger charge is 2.30. The molecule has 1 aromatic carbocycles. The maximum absolute atomic E-state index is 12.9. The summed E-state index contributed by atoms with van der Waals surface area (Å²) in [6.45, 7) is 3.30. The number of carbonyl (C=O) groups excluding carboxylic acids is 2. The molecule has 2 aliphatic rings. The molecule has 154 valence electrons. The van der Waals surface area contributed by atoms with Crippen molar-refractivity contribution in [2.45, 2.75) is 43.8 Å². The monoisotopic (exact) mass is 415 g/mol. The van der Waals surface area contributed by atoms with E-state index in [1.807, 2.05) is 18.2 Å². The summed E-state index contributed by atoms with van der Waals surface area (Å²) >= 11 is 1.33. The van der Waals surface area contributed by atoms with E-state index in [2.05, 4.69) is 4.98 Å². The summed E-state index contributed by atoms with van der Waals surface area (Å²) in [6, 6.07) is 7.54. The zero-order valence-corrected chi connectivity index (χ0v) is 17.3. The topological polar surface area (TPSA) is 81.5 Å². The number of ether oxygens (including phenoxy) is 1. The SMILES string of the molecule is CCOC(=O)C1CCN(C(=O)CSc2nc3ccccc3c(=O)n2C2CC2)CC1. The van der Waals surface area contributed by atoms with Crippen LogP contribution >= 0.6 is 11.8 Å². The van der Waals surface area contributed by atoms with Gasteiger partial charge in [0.15, 0.2) is 5.16 Å². The fraction of sp³-hybridized carbons (Fsp3) is 0.524. The number of hydrogen-bond acceptors (Lipinski definition) is 6. The first-order valence-corrected chi connectivity index (χ1v) is 11.2. The molecule has 0 radical (unpaired) electrons. The summed E-state index contributed by atoms with van der Waals surface area (Å²) in [4.78, 5) is 43.9. The van der Waals surface area contributed by atoms with E-state index in [0.29, 0.717) is 48.6 Å². The lowest BCUT2D eigenvalue weighted by Crippen LogP contribution is -2.41. The van der Waals surface area contributed by atoms with Gasteiger partial charge in [0.25, 0.3) is 5.56 Å². The fourth-order valence-corrected chi connectivity index (χ4v) is 4.69. The van der Waals surface area contributed by atoms with Crippen LogP contribution < -0.4 is 5.56 Å². The number of para-hydroxylation sites is 1. The number of esters is 1. The van der Waals surface area contributed by atoms with Crippen LogP contribution in [0.5, 0.6) is 0 Å². The zero-order valence-electron chi connectivity index (χ0n) is 16.5. The van der Waals surface area contributed by atoms with Crippen molar-refractivity contribution < 1.29 is 14.3 Å². The van der Waals surface area contributed by atoms with Gasteiger partial charge in [-0.3, -0.25) is 19.0 Å². The summed E-state index contributed by atoms with van der Waals surface area (Å²) in [7, 11) is 0. The van der Waals surface area contributed by atoms with Crippen LogP contribution in [-0.2, 0) is 14.3 Å². The van der Waals surface area contributed by atoms with Gasteiger partial charge in [0.2, 0.25) is 5.91 Å². The molecule has 7 nitrogen and oxygen atoms in total. The van der Waals surface area contributed by atoms with Crippen LogP contribution in [0.3, 0.4) is 0 Å². The number of rotatable bonds is 6. The third kappa shape index (κ3) is 4.32. The molecular formula is C21H25N3O4S. The lowest BCUT2D eigenvalue weighted by atomic mass is 9.97. The molecule has 1 aliphatic heterocycles. The summed E-state index contributed by atoms with van der Waals surface area (Å²) in [5.74, 6) is -0.0274.